The number of pyridine rings is 1. The zero-order valence-electron chi connectivity index (χ0n) is 17.6. The van der Waals surface area contributed by atoms with E-state index in [0.29, 0.717) is 11.8 Å². The van der Waals surface area contributed by atoms with Gasteiger partial charge in [-0.25, -0.2) is 0 Å². The average Bonchev–Trinajstić information content (AvgIpc) is 2.71. The Morgan fingerprint density at radius 3 is 2.00 bits per heavy atom. The average molecular weight is 481 g/mol. The van der Waals surface area contributed by atoms with Crippen molar-refractivity contribution in [1.82, 2.24) is 4.98 Å². The summed E-state index contributed by atoms with van der Waals surface area (Å²) in [6.07, 6.45) is 1.83. The van der Waals surface area contributed by atoms with Crippen molar-refractivity contribution in [2.45, 2.75) is 53.4 Å². The molecule has 0 saturated carbocycles. The predicted molar refractivity (Wildman–Crippen MR) is 118 cm³/mol. The van der Waals surface area contributed by atoms with Crippen molar-refractivity contribution in [2.24, 2.45) is 0 Å². The van der Waals surface area contributed by atoms with Gasteiger partial charge in [-0.3, -0.25) is 0 Å². The summed E-state index contributed by atoms with van der Waals surface area (Å²) in [6, 6.07) is 22.3. The second-order valence-electron chi connectivity index (χ2n) is 7.42. The quantitative estimate of drug-likeness (QED) is 0.275. The Kier molecular flexibility index (Phi) is 11.3. The molecular weight excluding hydrogens is 451 g/mol. The molecule has 0 N–H and O–H groups in total. The first-order chi connectivity index (χ1) is 13.4. The third-order valence-electron chi connectivity index (χ3n) is 4.50. The first kappa shape index (κ1) is 24.5. The molecule has 1 heterocycles. The SMILES string of the molecule is Cc1ccc(C(C)C)cc1.Cc1cccnc1-c1[c-]ccc(C(C)C)c1.[Cl][Ru+]. The van der Waals surface area contributed by atoms with Crippen molar-refractivity contribution in [3.8, 4) is 11.3 Å². The van der Waals surface area contributed by atoms with Crippen molar-refractivity contribution >= 4 is 9.69 Å². The molecular formula is C25H30ClNRu. The van der Waals surface area contributed by atoms with Crippen LogP contribution in [0.25, 0.3) is 11.3 Å². The summed E-state index contributed by atoms with van der Waals surface area (Å²) < 4.78 is 0. The molecule has 0 bridgehead atoms. The molecule has 150 valence electrons. The van der Waals surface area contributed by atoms with Gasteiger partial charge in [-0.15, -0.1) is 35.4 Å². The number of rotatable bonds is 3. The molecule has 0 amide bonds. The van der Waals surface area contributed by atoms with E-state index in [2.05, 4.69) is 105 Å². The van der Waals surface area contributed by atoms with Gasteiger partial charge in [0.05, 0.1) is 0 Å². The Bertz CT molecular complexity index is 826. The Labute approximate surface area is 185 Å². The second-order valence-corrected chi connectivity index (χ2v) is 7.42. The third-order valence-corrected chi connectivity index (χ3v) is 4.50. The van der Waals surface area contributed by atoms with Crippen LogP contribution in [0.3, 0.4) is 0 Å². The van der Waals surface area contributed by atoms with E-state index in [0.717, 1.165) is 11.3 Å². The molecule has 0 fully saturated rings. The third kappa shape index (κ3) is 7.86. The zero-order chi connectivity index (χ0) is 21.1. The Hall–Kier alpha value is -1.50. The number of benzene rings is 2. The summed E-state index contributed by atoms with van der Waals surface area (Å²) >= 11 is 1.82. The van der Waals surface area contributed by atoms with Crippen LogP contribution in [0.2, 0.25) is 0 Å². The van der Waals surface area contributed by atoms with Crippen LogP contribution in [0.4, 0.5) is 0 Å². The molecule has 1 aromatic heterocycles. The van der Waals surface area contributed by atoms with Crippen LogP contribution in [0, 0.1) is 19.9 Å². The molecule has 0 spiro atoms. The van der Waals surface area contributed by atoms with Crippen LogP contribution in [-0.4, -0.2) is 4.98 Å². The fraction of sp³-hybridized carbons (Fsp3) is 0.320. The minimum atomic E-state index is 0.539. The van der Waals surface area contributed by atoms with Gasteiger partial charge in [0.25, 0.3) is 0 Å². The Morgan fingerprint density at radius 1 is 0.857 bits per heavy atom. The van der Waals surface area contributed by atoms with Crippen molar-refractivity contribution in [3.05, 3.63) is 89.1 Å². The number of hydrogen-bond acceptors (Lipinski definition) is 1. The first-order valence-electron chi connectivity index (χ1n) is 9.52. The van der Waals surface area contributed by atoms with E-state index in [1.807, 2.05) is 35.6 Å². The molecule has 28 heavy (non-hydrogen) atoms. The van der Waals surface area contributed by atoms with E-state index in [9.17, 15) is 0 Å². The Balaban J connectivity index is 0.000000281. The molecule has 3 rings (SSSR count). The van der Waals surface area contributed by atoms with Gasteiger partial charge in [-0.2, -0.15) is 0 Å². The van der Waals surface area contributed by atoms with E-state index in [1.54, 1.807) is 0 Å². The summed E-state index contributed by atoms with van der Waals surface area (Å²) in [6.45, 7) is 13.0. The van der Waals surface area contributed by atoms with Gasteiger partial charge in [0.2, 0.25) is 0 Å². The van der Waals surface area contributed by atoms with Crippen molar-refractivity contribution in [2.75, 3.05) is 0 Å². The van der Waals surface area contributed by atoms with Crippen LogP contribution in [0.15, 0.2) is 60.8 Å². The van der Waals surface area contributed by atoms with Crippen molar-refractivity contribution in [3.63, 3.8) is 0 Å². The minimum absolute atomic E-state index is 0.539. The van der Waals surface area contributed by atoms with Crippen LogP contribution in [0.5, 0.6) is 0 Å². The summed E-state index contributed by atoms with van der Waals surface area (Å²) in [7, 11) is 4.57. The van der Waals surface area contributed by atoms with Crippen molar-refractivity contribution < 1.29 is 17.3 Å². The molecule has 0 aliphatic rings. The van der Waals surface area contributed by atoms with Gasteiger partial charge in [0.1, 0.15) is 0 Å². The molecule has 0 aliphatic heterocycles. The first-order valence-corrected chi connectivity index (χ1v) is 11.8. The topological polar surface area (TPSA) is 12.9 Å². The molecule has 0 atom stereocenters. The summed E-state index contributed by atoms with van der Waals surface area (Å²) in [5.74, 6) is 1.19. The maximum atomic E-state index is 4.57. The van der Waals surface area contributed by atoms with Gasteiger partial charge < -0.3 is 4.98 Å². The fourth-order valence-corrected chi connectivity index (χ4v) is 2.70. The molecule has 1 nitrogen and oxygen atoms in total. The molecule has 0 saturated heterocycles. The molecule has 0 aliphatic carbocycles. The van der Waals surface area contributed by atoms with Gasteiger partial charge in [0.15, 0.2) is 0 Å². The summed E-state index contributed by atoms with van der Waals surface area (Å²) in [5.41, 5.74) is 7.41. The van der Waals surface area contributed by atoms with Gasteiger partial charge in [-0.1, -0.05) is 69.2 Å². The van der Waals surface area contributed by atoms with Crippen LogP contribution >= 0.6 is 9.69 Å². The molecule has 2 aromatic carbocycles. The van der Waals surface area contributed by atoms with Gasteiger partial charge in [0, 0.05) is 6.20 Å². The van der Waals surface area contributed by atoms with E-state index < -0.39 is 0 Å². The van der Waals surface area contributed by atoms with E-state index in [-0.39, 0.29) is 0 Å². The monoisotopic (exact) mass is 481 g/mol. The number of nitrogens with zero attached hydrogens (tertiary/aromatic N) is 1. The maximum absolute atomic E-state index is 4.57. The molecule has 0 radical (unpaired) electrons. The van der Waals surface area contributed by atoms with Crippen molar-refractivity contribution in [1.29, 1.82) is 0 Å². The molecule has 3 heteroatoms. The van der Waals surface area contributed by atoms with Crippen LogP contribution in [0.1, 0.15) is 61.8 Å². The zero-order valence-corrected chi connectivity index (χ0v) is 20.1. The van der Waals surface area contributed by atoms with E-state index in [4.69, 9.17) is 0 Å². The fourth-order valence-electron chi connectivity index (χ4n) is 2.70. The van der Waals surface area contributed by atoms with E-state index in [1.165, 1.54) is 22.3 Å². The summed E-state index contributed by atoms with van der Waals surface area (Å²) in [4.78, 5) is 4.42. The van der Waals surface area contributed by atoms with Crippen LogP contribution in [-0.2, 0) is 17.3 Å². The summed E-state index contributed by atoms with van der Waals surface area (Å²) in [5, 5.41) is 0. The number of aromatic nitrogens is 1. The van der Waals surface area contributed by atoms with Crippen LogP contribution < -0.4 is 0 Å². The number of aryl methyl sites for hydroxylation is 2. The number of halogens is 1. The molecule has 0 unspecified atom stereocenters. The van der Waals surface area contributed by atoms with Gasteiger partial charge >= 0.3 is 27.0 Å². The Morgan fingerprint density at radius 2 is 1.46 bits per heavy atom. The standard InChI is InChI=1S/C15H16N.C10H14.ClH.Ru/c1-11(2)13-7-4-8-14(10-13)15-12(3)6-5-9-16-15;1-8(2)10-6-4-9(3)5-7-10;;/h4-7,9-11H,1-3H3;4-8H,1-3H3;1H;/q-1;;;+2/p-1. The van der Waals surface area contributed by atoms with E-state index >= 15 is 0 Å². The normalized spacial score (nSPS) is 10.1. The second kappa shape index (κ2) is 12.9. The predicted octanol–water partition coefficient (Wildman–Crippen LogP) is 7.79. The number of hydrogen-bond donors (Lipinski definition) is 0. The van der Waals surface area contributed by atoms with Gasteiger partial charge in [-0.05, 0) is 43.0 Å². The molecule has 3 aromatic rings.